The molecule has 0 unspecified atom stereocenters. The molecule has 0 spiro atoms. The largest absolute Gasteiger partial charge is 0.481 e. The standard InChI is InChI=1S/C11H20O4.Cr/c1-10(2,8(12)13)6-5-7-11(3,4)9(14)15;/h5-7H2,1-4H3,(H,12,13)(H,14,15);. The zero-order chi connectivity index (χ0) is 12.3. The number of rotatable bonds is 6. The Morgan fingerprint density at radius 2 is 1.12 bits per heavy atom. The van der Waals surface area contributed by atoms with Gasteiger partial charge >= 0.3 is 11.9 Å². The van der Waals surface area contributed by atoms with E-state index in [9.17, 15) is 9.59 Å². The summed E-state index contributed by atoms with van der Waals surface area (Å²) < 4.78 is 0. The minimum Gasteiger partial charge on any atom is -0.481 e. The summed E-state index contributed by atoms with van der Waals surface area (Å²) in [6.45, 7) is 6.62. The van der Waals surface area contributed by atoms with Gasteiger partial charge in [0.05, 0.1) is 10.8 Å². The normalized spacial score (nSPS) is 11.8. The molecule has 0 aliphatic heterocycles. The summed E-state index contributed by atoms with van der Waals surface area (Å²) in [5, 5.41) is 17.7. The summed E-state index contributed by atoms with van der Waals surface area (Å²) >= 11 is 0. The Morgan fingerprint density at radius 3 is 1.31 bits per heavy atom. The minimum atomic E-state index is -0.837. The Hall–Kier alpha value is -0.528. The number of aliphatic carboxylic acids is 2. The molecule has 0 saturated carbocycles. The Bertz CT molecular complexity index is 233. The first-order chi connectivity index (χ1) is 6.59. The van der Waals surface area contributed by atoms with Gasteiger partial charge < -0.3 is 10.2 Å². The van der Waals surface area contributed by atoms with Crippen LogP contribution in [-0.4, -0.2) is 22.2 Å². The molecule has 0 fully saturated rings. The third-order valence-electron chi connectivity index (χ3n) is 2.76. The SMILES string of the molecule is CC(C)(CCCC(C)(C)C(=O)O)C(=O)O.[Cr]. The average Bonchev–Trinajstić information content (AvgIpc) is 2.02. The van der Waals surface area contributed by atoms with Gasteiger partial charge in [0.25, 0.3) is 0 Å². The zero-order valence-electron chi connectivity index (χ0n) is 10.2. The molecule has 0 amide bonds. The van der Waals surface area contributed by atoms with E-state index in [1.54, 1.807) is 27.7 Å². The second kappa shape index (κ2) is 6.27. The van der Waals surface area contributed by atoms with E-state index in [1.165, 1.54) is 0 Å². The van der Waals surface area contributed by atoms with Crippen molar-refractivity contribution in [2.75, 3.05) is 0 Å². The van der Waals surface area contributed by atoms with E-state index in [0.29, 0.717) is 19.3 Å². The Morgan fingerprint density at radius 1 is 0.875 bits per heavy atom. The van der Waals surface area contributed by atoms with Crippen molar-refractivity contribution < 1.29 is 37.2 Å². The van der Waals surface area contributed by atoms with Gasteiger partial charge in [-0.05, 0) is 40.5 Å². The molecule has 0 aliphatic carbocycles. The fraction of sp³-hybridized carbons (Fsp3) is 0.818. The van der Waals surface area contributed by atoms with Gasteiger partial charge in [-0.2, -0.15) is 0 Å². The summed E-state index contributed by atoms with van der Waals surface area (Å²) in [4.78, 5) is 21.6. The monoisotopic (exact) mass is 268 g/mol. The molecule has 0 aromatic heterocycles. The quantitative estimate of drug-likeness (QED) is 0.775. The van der Waals surface area contributed by atoms with Gasteiger partial charge in [-0.3, -0.25) is 9.59 Å². The maximum absolute atomic E-state index is 10.8. The van der Waals surface area contributed by atoms with Crippen LogP contribution in [0.4, 0.5) is 0 Å². The Kier molecular flexibility index (Phi) is 6.99. The minimum absolute atomic E-state index is 0. The molecule has 0 bridgehead atoms. The Labute approximate surface area is 107 Å². The van der Waals surface area contributed by atoms with Gasteiger partial charge in [-0.1, -0.05) is 6.42 Å². The number of hydrogen-bond donors (Lipinski definition) is 2. The van der Waals surface area contributed by atoms with Crippen LogP contribution in [0, 0.1) is 10.8 Å². The molecule has 94 valence electrons. The average molecular weight is 268 g/mol. The van der Waals surface area contributed by atoms with Crippen LogP contribution in [-0.2, 0) is 27.0 Å². The van der Waals surface area contributed by atoms with Crippen molar-refractivity contribution in [3.8, 4) is 0 Å². The molecule has 0 aliphatic rings. The van der Waals surface area contributed by atoms with Gasteiger partial charge in [-0.25, -0.2) is 0 Å². The molecular formula is C11H20CrO4. The van der Waals surface area contributed by atoms with E-state index < -0.39 is 22.8 Å². The molecule has 0 atom stereocenters. The molecular weight excluding hydrogens is 248 g/mol. The van der Waals surface area contributed by atoms with E-state index in [4.69, 9.17) is 10.2 Å². The van der Waals surface area contributed by atoms with E-state index in [1.807, 2.05) is 0 Å². The first-order valence-electron chi connectivity index (χ1n) is 5.06. The summed E-state index contributed by atoms with van der Waals surface area (Å²) in [6.07, 6.45) is 1.61. The summed E-state index contributed by atoms with van der Waals surface area (Å²) in [7, 11) is 0. The first kappa shape index (κ1) is 17.9. The Balaban J connectivity index is 0. The second-order valence-electron chi connectivity index (χ2n) is 5.23. The zero-order valence-corrected chi connectivity index (χ0v) is 11.5. The van der Waals surface area contributed by atoms with Crippen molar-refractivity contribution in [2.24, 2.45) is 10.8 Å². The molecule has 16 heavy (non-hydrogen) atoms. The third-order valence-corrected chi connectivity index (χ3v) is 2.76. The first-order valence-corrected chi connectivity index (χ1v) is 5.06. The molecule has 0 radical (unpaired) electrons. The van der Waals surface area contributed by atoms with E-state index in [0.717, 1.165) is 0 Å². The number of hydrogen-bond acceptors (Lipinski definition) is 2. The molecule has 0 aromatic rings. The summed E-state index contributed by atoms with van der Waals surface area (Å²) in [5.74, 6) is -1.67. The maximum Gasteiger partial charge on any atom is 0.309 e. The smallest absolute Gasteiger partial charge is 0.309 e. The predicted octanol–water partition coefficient (Wildman–Crippen LogP) is 2.38. The molecule has 5 heteroatoms. The van der Waals surface area contributed by atoms with Crippen LogP contribution >= 0.6 is 0 Å². The molecule has 0 saturated heterocycles. The molecule has 4 nitrogen and oxygen atoms in total. The molecule has 0 heterocycles. The van der Waals surface area contributed by atoms with Gasteiger partial charge in [0.15, 0.2) is 0 Å². The fourth-order valence-electron chi connectivity index (χ4n) is 1.19. The van der Waals surface area contributed by atoms with Crippen LogP contribution < -0.4 is 0 Å². The van der Waals surface area contributed by atoms with Crippen LogP contribution in [0.3, 0.4) is 0 Å². The number of carboxylic acid groups (broad SMARTS) is 2. The molecule has 2 N–H and O–H groups in total. The van der Waals surface area contributed by atoms with Crippen LogP contribution in [0.25, 0.3) is 0 Å². The van der Waals surface area contributed by atoms with Crippen molar-refractivity contribution in [3.05, 3.63) is 0 Å². The van der Waals surface area contributed by atoms with Crippen molar-refractivity contribution >= 4 is 11.9 Å². The number of carbonyl (C=O) groups is 2. The topological polar surface area (TPSA) is 74.6 Å². The van der Waals surface area contributed by atoms with Crippen molar-refractivity contribution in [3.63, 3.8) is 0 Å². The van der Waals surface area contributed by atoms with Crippen LogP contribution in [0.1, 0.15) is 47.0 Å². The van der Waals surface area contributed by atoms with Gasteiger partial charge in [0.2, 0.25) is 0 Å². The van der Waals surface area contributed by atoms with Gasteiger partial charge in [0.1, 0.15) is 0 Å². The molecule has 0 aromatic carbocycles. The van der Waals surface area contributed by atoms with E-state index >= 15 is 0 Å². The van der Waals surface area contributed by atoms with Gasteiger partial charge in [0, 0.05) is 17.4 Å². The summed E-state index contributed by atoms with van der Waals surface area (Å²) in [6, 6.07) is 0. The predicted molar refractivity (Wildman–Crippen MR) is 56.7 cm³/mol. The van der Waals surface area contributed by atoms with E-state index in [-0.39, 0.29) is 17.4 Å². The van der Waals surface area contributed by atoms with Crippen molar-refractivity contribution in [1.29, 1.82) is 0 Å². The second-order valence-corrected chi connectivity index (χ2v) is 5.23. The maximum atomic E-state index is 10.8. The van der Waals surface area contributed by atoms with Crippen molar-refractivity contribution in [1.82, 2.24) is 0 Å². The fourth-order valence-corrected chi connectivity index (χ4v) is 1.19. The summed E-state index contributed by atoms with van der Waals surface area (Å²) in [5.41, 5.74) is -1.54. The van der Waals surface area contributed by atoms with Crippen LogP contribution in [0.2, 0.25) is 0 Å². The number of carboxylic acids is 2. The third kappa shape index (κ3) is 5.53. The van der Waals surface area contributed by atoms with Gasteiger partial charge in [-0.15, -0.1) is 0 Å². The van der Waals surface area contributed by atoms with Crippen molar-refractivity contribution in [2.45, 2.75) is 47.0 Å². The molecule has 0 rings (SSSR count). The van der Waals surface area contributed by atoms with Crippen LogP contribution in [0.15, 0.2) is 0 Å². The van der Waals surface area contributed by atoms with E-state index in [2.05, 4.69) is 0 Å². The van der Waals surface area contributed by atoms with Crippen LogP contribution in [0.5, 0.6) is 0 Å².